The lowest BCUT2D eigenvalue weighted by Crippen LogP contribution is -2.13. The predicted molar refractivity (Wildman–Crippen MR) is 105 cm³/mol. The first-order chi connectivity index (χ1) is 12.8. The van der Waals surface area contributed by atoms with Crippen LogP contribution in [0.25, 0.3) is 21.8 Å². The van der Waals surface area contributed by atoms with E-state index in [9.17, 15) is 8.78 Å². The first kappa shape index (κ1) is 19.2. The first-order valence-corrected chi connectivity index (χ1v) is 8.96. The number of nitrogens with two attached hydrogens (primary N) is 2. The van der Waals surface area contributed by atoms with Gasteiger partial charge in [0.15, 0.2) is 5.82 Å². The molecule has 1 aromatic carbocycles. The lowest BCUT2D eigenvalue weighted by Gasteiger charge is -2.12. The summed E-state index contributed by atoms with van der Waals surface area (Å²) >= 11 is 1.53. The van der Waals surface area contributed by atoms with Crippen molar-refractivity contribution in [2.24, 2.45) is 5.84 Å². The van der Waals surface area contributed by atoms with Crippen molar-refractivity contribution >= 4 is 22.7 Å². The molecule has 2 aromatic heterocycles. The molecule has 142 valence electrons. The van der Waals surface area contributed by atoms with E-state index in [4.69, 9.17) is 11.6 Å². The standard InChI is InChI=1S/C18H20F2N6S/c1-9-18(27-14(23-9)8-26(2)3)13-6-4-5-12(24-13)10-7-11(19)16(21)17(25-22)15(10)20/h4-7,25H,8,21-22H2,1-3H3. The summed E-state index contributed by atoms with van der Waals surface area (Å²) in [6.45, 7) is 2.62. The van der Waals surface area contributed by atoms with E-state index in [1.807, 2.05) is 32.0 Å². The van der Waals surface area contributed by atoms with Gasteiger partial charge < -0.3 is 16.1 Å². The minimum Gasteiger partial charge on any atom is -0.395 e. The smallest absolute Gasteiger partial charge is 0.159 e. The van der Waals surface area contributed by atoms with E-state index in [2.05, 4.69) is 15.4 Å². The van der Waals surface area contributed by atoms with Gasteiger partial charge in [0.1, 0.15) is 16.5 Å². The van der Waals surface area contributed by atoms with Gasteiger partial charge >= 0.3 is 0 Å². The summed E-state index contributed by atoms with van der Waals surface area (Å²) in [5.41, 5.74) is 8.73. The first-order valence-electron chi connectivity index (χ1n) is 8.14. The number of hydrogen-bond donors (Lipinski definition) is 3. The summed E-state index contributed by atoms with van der Waals surface area (Å²) < 4.78 is 28.8. The molecule has 0 fully saturated rings. The monoisotopic (exact) mass is 390 g/mol. The third-order valence-electron chi connectivity index (χ3n) is 3.95. The number of benzene rings is 1. The number of thiazole rings is 1. The van der Waals surface area contributed by atoms with Gasteiger partial charge in [0.2, 0.25) is 0 Å². The Morgan fingerprint density at radius 3 is 2.56 bits per heavy atom. The maximum Gasteiger partial charge on any atom is 0.159 e. The van der Waals surface area contributed by atoms with Crippen molar-refractivity contribution in [3.05, 3.63) is 46.6 Å². The van der Waals surface area contributed by atoms with Gasteiger partial charge in [-0.25, -0.2) is 18.7 Å². The summed E-state index contributed by atoms with van der Waals surface area (Å²) in [5, 5.41) is 0.957. The number of pyridine rings is 1. The van der Waals surface area contributed by atoms with Crippen LogP contribution < -0.4 is 17.0 Å². The number of rotatable bonds is 5. The number of nitrogens with zero attached hydrogens (tertiary/aromatic N) is 3. The molecule has 0 atom stereocenters. The Labute approximate surface area is 159 Å². The van der Waals surface area contributed by atoms with Crippen molar-refractivity contribution in [2.45, 2.75) is 13.5 Å². The number of nitrogens with one attached hydrogen (secondary N) is 1. The third-order valence-corrected chi connectivity index (χ3v) is 5.11. The van der Waals surface area contributed by atoms with E-state index in [0.717, 1.165) is 21.6 Å². The predicted octanol–water partition coefficient (Wildman–Crippen LogP) is 3.39. The van der Waals surface area contributed by atoms with Gasteiger partial charge in [-0.1, -0.05) is 6.07 Å². The van der Waals surface area contributed by atoms with E-state index in [1.165, 1.54) is 11.3 Å². The number of anilines is 2. The molecule has 3 rings (SSSR count). The molecule has 6 nitrogen and oxygen atoms in total. The van der Waals surface area contributed by atoms with Gasteiger partial charge in [-0.3, -0.25) is 5.84 Å². The van der Waals surface area contributed by atoms with Gasteiger partial charge in [-0.2, -0.15) is 0 Å². The SMILES string of the molecule is Cc1nc(CN(C)C)sc1-c1cccc(-c2cc(F)c(N)c(NN)c2F)n1. The molecule has 0 amide bonds. The van der Waals surface area contributed by atoms with Gasteiger partial charge in [0.05, 0.1) is 27.6 Å². The van der Waals surface area contributed by atoms with Crippen LogP contribution in [0.1, 0.15) is 10.7 Å². The fraction of sp³-hybridized carbons (Fsp3) is 0.222. The molecule has 9 heteroatoms. The second-order valence-electron chi connectivity index (χ2n) is 6.32. The molecule has 0 radical (unpaired) electrons. The Morgan fingerprint density at radius 1 is 1.19 bits per heavy atom. The van der Waals surface area contributed by atoms with Crippen LogP contribution in [0.2, 0.25) is 0 Å². The highest BCUT2D eigenvalue weighted by Crippen LogP contribution is 2.35. The molecule has 0 aliphatic heterocycles. The molecule has 0 aliphatic rings. The van der Waals surface area contributed by atoms with Crippen molar-refractivity contribution in [3.8, 4) is 21.8 Å². The lowest BCUT2D eigenvalue weighted by molar-refractivity contribution is 0.401. The molecular formula is C18H20F2N6S. The molecule has 0 saturated carbocycles. The average Bonchev–Trinajstić information content (AvgIpc) is 2.98. The normalized spacial score (nSPS) is 11.2. The summed E-state index contributed by atoms with van der Waals surface area (Å²) in [6.07, 6.45) is 0. The molecular weight excluding hydrogens is 370 g/mol. The molecule has 0 unspecified atom stereocenters. The van der Waals surface area contributed by atoms with E-state index in [1.54, 1.807) is 12.1 Å². The minimum absolute atomic E-state index is 0.0211. The second kappa shape index (κ2) is 7.55. The third kappa shape index (κ3) is 3.75. The van der Waals surface area contributed by atoms with Crippen LogP contribution in [-0.4, -0.2) is 29.0 Å². The zero-order chi connectivity index (χ0) is 19.7. The Balaban J connectivity index is 2.08. The quantitative estimate of drug-likeness (QED) is 0.351. The molecule has 0 bridgehead atoms. The molecule has 5 N–H and O–H groups in total. The number of aromatic nitrogens is 2. The summed E-state index contributed by atoms with van der Waals surface area (Å²) in [5.74, 6) is 3.76. The maximum absolute atomic E-state index is 14.7. The number of hydrazine groups is 1. The zero-order valence-corrected chi connectivity index (χ0v) is 16.0. The number of halogens is 2. The average molecular weight is 390 g/mol. The van der Waals surface area contributed by atoms with Crippen LogP contribution in [0.3, 0.4) is 0 Å². The van der Waals surface area contributed by atoms with Crippen LogP contribution in [-0.2, 0) is 6.54 Å². The van der Waals surface area contributed by atoms with Crippen molar-refractivity contribution in [2.75, 3.05) is 25.3 Å². The fourth-order valence-electron chi connectivity index (χ4n) is 2.71. The van der Waals surface area contributed by atoms with E-state index in [-0.39, 0.29) is 22.6 Å². The highest BCUT2D eigenvalue weighted by molar-refractivity contribution is 7.15. The van der Waals surface area contributed by atoms with Gasteiger partial charge in [-0.05, 0) is 39.2 Å². The van der Waals surface area contributed by atoms with E-state index >= 15 is 0 Å². The van der Waals surface area contributed by atoms with Crippen LogP contribution in [0, 0.1) is 18.6 Å². The molecule has 3 aromatic rings. The Morgan fingerprint density at radius 2 is 1.89 bits per heavy atom. The summed E-state index contributed by atoms with van der Waals surface area (Å²) in [7, 11) is 3.94. The van der Waals surface area contributed by atoms with E-state index < -0.39 is 11.6 Å². The highest BCUT2D eigenvalue weighted by Gasteiger charge is 2.19. The number of nitrogen functional groups attached to an aromatic ring is 2. The Kier molecular flexibility index (Phi) is 5.36. The van der Waals surface area contributed by atoms with Crippen molar-refractivity contribution in [1.82, 2.24) is 14.9 Å². The number of hydrogen-bond acceptors (Lipinski definition) is 7. The van der Waals surface area contributed by atoms with Crippen LogP contribution in [0.5, 0.6) is 0 Å². The Hall–Kier alpha value is -2.62. The van der Waals surface area contributed by atoms with Crippen LogP contribution >= 0.6 is 11.3 Å². The molecule has 0 spiro atoms. The van der Waals surface area contributed by atoms with Crippen molar-refractivity contribution < 1.29 is 8.78 Å². The van der Waals surface area contributed by atoms with Gasteiger partial charge in [0.25, 0.3) is 0 Å². The molecule has 0 aliphatic carbocycles. The largest absolute Gasteiger partial charge is 0.395 e. The van der Waals surface area contributed by atoms with Crippen molar-refractivity contribution in [1.29, 1.82) is 0 Å². The lowest BCUT2D eigenvalue weighted by atomic mass is 10.1. The summed E-state index contributed by atoms with van der Waals surface area (Å²) in [6, 6.07) is 6.19. The summed E-state index contributed by atoms with van der Waals surface area (Å²) in [4.78, 5) is 12.0. The fourth-order valence-corrected chi connectivity index (χ4v) is 3.86. The van der Waals surface area contributed by atoms with Crippen molar-refractivity contribution in [3.63, 3.8) is 0 Å². The maximum atomic E-state index is 14.7. The van der Waals surface area contributed by atoms with Gasteiger partial charge in [0, 0.05) is 12.1 Å². The topological polar surface area (TPSA) is 93.1 Å². The zero-order valence-electron chi connectivity index (χ0n) is 15.2. The second-order valence-corrected chi connectivity index (χ2v) is 7.40. The highest BCUT2D eigenvalue weighted by atomic mass is 32.1. The Bertz CT molecular complexity index is 986. The van der Waals surface area contributed by atoms with E-state index in [0.29, 0.717) is 12.2 Å². The molecule has 2 heterocycles. The van der Waals surface area contributed by atoms with Gasteiger partial charge in [-0.15, -0.1) is 11.3 Å². The molecule has 27 heavy (non-hydrogen) atoms. The van der Waals surface area contributed by atoms with Crippen LogP contribution in [0.15, 0.2) is 24.3 Å². The minimum atomic E-state index is -0.770. The van der Waals surface area contributed by atoms with Crippen LogP contribution in [0.4, 0.5) is 20.2 Å². The number of aryl methyl sites for hydroxylation is 1. The molecule has 0 saturated heterocycles.